The molecule has 1 N–H and O–H groups in total. The molecule has 2 atom stereocenters. The van der Waals surface area contributed by atoms with Gasteiger partial charge in [0.25, 0.3) is 0 Å². The van der Waals surface area contributed by atoms with Gasteiger partial charge in [-0.15, -0.1) is 0 Å². The number of carboxylic acid groups (broad SMARTS) is 1. The SMILES string of the molecule is Cc1cc(CS(=O)(=O)N2CCC(C)CC2C(=O)O)no1. The third kappa shape index (κ3) is 3.18. The standard InChI is InChI=1S/C12H18N2O5S/c1-8-3-4-14(11(5-8)12(15)16)20(17,18)7-10-6-9(2)19-13-10/h6,8,11H,3-5,7H2,1-2H3,(H,15,16). The highest BCUT2D eigenvalue weighted by atomic mass is 32.2. The molecule has 2 heterocycles. The van der Waals surface area contributed by atoms with Gasteiger partial charge in [0.05, 0.1) is 0 Å². The maximum absolute atomic E-state index is 12.4. The molecule has 20 heavy (non-hydrogen) atoms. The van der Waals surface area contributed by atoms with Crippen LogP contribution in [0.1, 0.15) is 31.2 Å². The molecule has 0 radical (unpaired) electrons. The maximum Gasteiger partial charge on any atom is 0.322 e. The Morgan fingerprint density at radius 1 is 1.60 bits per heavy atom. The molecule has 2 unspecified atom stereocenters. The molecule has 1 aromatic rings. The van der Waals surface area contributed by atoms with E-state index < -0.39 is 22.0 Å². The number of carbonyl (C=O) groups is 1. The summed E-state index contributed by atoms with van der Waals surface area (Å²) in [5.74, 6) is -0.701. The molecule has 2 rings (SSSR count). The molecule has 0 aliphatic carbocycles. The number of aliphatic carboxylic acids is 1. The van der Waals surface area contributed by atoms with Gasteiger partial charge in [0, 0.05) is 12.6 Å². The summed E-state index contributed by atoms with van der Waals surface area (Å²) in [6.45, 7) is 3.84. The third-order valence-corrected chi connectivity index (χ3v) is 5.28. The maximum atomic E-state index is 12.4. The van der Waals surface area contributed by atoms with Crippen LogP contribution in [0.2, 0.25) is 0 Å². The topological polar surface area (TPSA) is 101 Å². The molecule has 7 nitrogen and oxygen atoms in total. The van der Waals surface area contributed by atoms with Crippen LogP contribution in [0, 0.1) is 12.8 Å². The highest BCUT2D eigenvalue weighted by Crippen LogP contribution is 2.26. The van der Waals surface area contributed by atoms with Crippen molar-refractivity contribution < 1.29 is 22.8 Å². The fourth-order valence-corrected chi connectivity index (χ4v) is 4.06. The molecule has 1 fully saturated rings. The van der Waals surface area contributed by atoms with E-state index in [1.54, 1.807) is 13.0 Å². The first-order chi connectivity index (χ1) is 9.29. The summed E-state index contributed by atoms with van der Waals surface area (Å²) in [5, 5.41) is 12.9. The van der Waals surface area contributed by atoms with Gasteiger partial charge >= 0.3 is 5.97 Å². The molecular weight excluding hydrogens is 284 g/mol. The summed E-state index contributed by atoms with van der Waals surface area (Å²) in [6.07, 6.45) is 1.01. The largest absolute Gasteiger partial charge is 0.480 e. The Labute approximate surface area is 117 Å². The molecule has 112 valence electrons. The lowest BCUT2D eigenvalue weighted by Crippen LogP contribution is -2.50. The number of rotatable bonds is 4. The number of aromatic nitrogens is 1. The second kappa shape index (κ2) is 5.53. The van der Waals surface area contributed by atoms with Gasteiger partial charge in [-0.3, -0.25) is 4.79 Å². The average molecular weight is 302 g/mol. The number of hydrogen-bond donors (Lipinski definition) is 1. The van der Waals surface area contributed by atoms with E-state index in [1.807, 2.05) is 6.92 Å². The van der Waals surface area contributed by atoms with E-state index in [2.05, 4.69) is 5.16 Å². The monoisotopic (exact) mass is 302 g/mol. The van der Waals surface area contributed by atoms with Crippen molar-refractivity contribution in [3.8, 4) is 0 Å². The molecule has 0 aromatic carbocycles. The summed E-state index contributed by atoms with van der Waals surface area (Å²) in [7, 11) is -3.71. The zero-order chi connectivity index (χ0) is 14.9. The zero-order valence-corrected chi connectivity index (χ0v) is 12.3. The minimum Gasteiger partial charge on any atom is -0.480 e. The van der Waals surface area contributed by atoms with Gasteiger partial charge in [-0.05, 0) is 25.7 Å². The Bertz CT molecular complexity index is 595. The van der Waals surface area contributed by atoms with E-state index in [1.165, 1.54) is 0 Å². The fourth-order valence-electron chi connectivity index (χ4n) is 2.43. The molecular formula is C12H18N2O5S. The Balaban J connectivity index is 2.20. The molecule has 0 saturated carbocycles. The van der Waals surface area contributed by atoms with Crippen molar-refractivity contribution in [2.24, 2.45) is 5.92 Å². The first kappa shape index (κ1) is 15.0. The van der Waals surface area contributed by atoms with Gasteiger partial charge in [-0.2, -0.15) is 4.31 Å². The molecule has 1 saturated heterocycles. The van der Waals surface area contributed by atoms with Crippen molar-refractivity contribution in [2.75, 3.05) is 6.54 Å². The smallest absolute Gasteiger partial charge is 0.322 e. The van der Waals surface area contributed by atoms with E-state index in [0.29, 0.717) is 24.3 Å². The minimum absolute atomic E-state index is 0.205. The summed E-state index contributed by atoms with van der Waals surface area (Å²) in [6, 6.07) is 0.552. The number of nitrogens with zero attached hydrogens (tertiary/aromatic N) is 2. The lowest BCUT2D eigenvalue weighted by atomic mass is 9.94. The normalized spacial score (nSPS) is 24.7. The summed E-state index contributed by atoms with van der Waals surface area (Å²) >= 11 is 0. The quantitative estimate of drug-likeness (QED) is 0.890. The Kier molecular flexibility index (Phi) is 4.14. The van der Waals surface area contributed by atoms with E-state index >= 15 is 0 Å². The van der Waals surface area contributed by atoms with Gasteiger partial charge in [0.1, 0.15) is 23.2 Å². The molecule has 0 bridgehead atoms. The minimum atomic E-state index is -3.71. The van der Waals surface area contributed by atoms with Crippen LogP contribution in [-0.4, -0.2) is 41.5 Å². The van der Waals surface area contributed by atoms with Crippen LogP contribution in [0.15, 0.2) is 10.6 Å². The lowest BCUT2D eigenvalue weighted by Gasteiger charge is -2.34. The van der Waals surface area contributed by atoms with E-state index in [9.17, 15) is 18.3 Å². The highest BCUT2D eigenvalue weighted by molar-refractivity contribution is 7.88. The number of piperidine rings is 1. The molecule has 1 aliphatic rings. The van der Waals surface area contributed by atoms with Gasteiger partial charge < -0.3 is 9.63 Å². The van der Waals surface area contributed by atoms with Crippen LogP contribution in [0.25, 0.3) is 0 Å². The first-order valence-corrected chi connectivity index (χ1v) is 8.05. The van der Waals surface area contributed by atoms with Gasteiger partial charge in [-0.25, -0.2) is 8.42 Å². The van der Waals surface area contributed by atoms with Crippen LogP contribution in [0.4, 0.5) is 0 Å². The molecule has 8 heteroatoms. The average Bonchev–Trinajstić information content (AvgIpc) is 2.73. The van der Waals surface area contributed by atoms with E-state index in [4.69, 9.17) is 4.52 Å². The Morgan fingerprint density at radius 3 is 2.85 bits per heavy atom. The van der Waals surface area contributed by atoms with Crippen molar-refractivity contribution in [1.29, 1.82) is 0 Å². The van der Waals surface area contributed by atoms with Crippen LogP contribution >= 0.6 is 0 Å². The predicted octanol–water partition coefficient (Wildman–Crippen LogP) is 0.998. The van der Waals surface area contributed by atoms with Crippen molar-refractivity contribution in [2.45, 2.75) is 38.5 Å². The van der Waals surface area contributed by atoms with Crippen LogP contribution < -0.4 is 0 Å². The van der Waals surface area contributed by atoms with Crippen LogP contribution in [0.5, 0.6) is 0 Å². The molecule has 1 aromatic heterocycles. The van der Waals surface area contributed by atoms with Crippen molar-refractivity contribution in [3.05, 3.63) is 17.5 Å². The molecule has 0 amide bonds. The Hall–Kier alpha value is -1.41. The van der Waals surface area contributed by atoms with Gasteiger partial charge in [0.2, 0.25) is 10.0 Å². The second-order valence-corrected chi connectivity index (χ2v) is 7.20. The van der Waals surface area contributed by atoms with Crippen molar-refractivity contribution >= 4 is 16.0 Å². The van der Waals surface area contributed by atoms with Crippen molar-refractivity contribution in [1.82, 2.24) is 9.46 Å². The van der Waals surface area contributed by atoms with Crippen molar-refractivity contribution in [3.63, 3.8) is 0 Å². The van der Waals surface area contributed by atoms with Gasteiger partial charge in [0.15, 0.2) is 0 Å². The third-order valence-electron chi connectivity index (χ3n) is 3.46. The lowest BCUT2D eigenvalue weighted by molar-refractivity contribution is -0.143. The first-order valence-electron chi connectivity index (χ1n) is 6.44. The number of sulfonamides is 1. The number of aryl methyl sites for hydroxylation is 1. The number of hydrogen-bond acceptors (Lipinski definition) is 5. The number of carboxylic acids is 1. The van der Waals surface area contributed by atoms with Crippen LogP contribution in [0.3, 0.4) is 0 Å². The van der Waals surface area contributed by atoms with Gasteiger partial charge in [-0.1, -0.05) is 12.1 Å². The van der Waals surface area contributed by atoms with E-state index in [0.717, 1.165) is 4.31 Å². The Morgan fingerprint density at radius 2 is 2.30 bits per heavy atom. The van der Waals surface area contributed by atoms with E-state index in [-0.39, 0.29) is 18.2 Å². The van der Waals surface area contributed by atoms with Crippen LogP contribution in [-0.2, 0) is 20.6 Å². The zero-order valence-electron chi connectivity index (χ0n) is 11.4. The molecule has 0 spiro atoms. The summed E-state index contributed by atoms with van der Waals surface area (Å²) in [5.41, 5.74) is 0.297. The molecule has 1 aliphatic heterocycles. The summed E-state index contributed by atoms with van der Waals surface area (Å²) < 4.78 is 30.7. The fraction of sp³-hybridized carbons (Fsp3) is 0.667. The summed E-state index contributed by atoms with van der Waals surface area (Å²) in [4.78, 5) is 11.3. The highest BCUT2D eigenvalue weighted by Gasteiger charge is 2.39. The predicted molar refractivity (Wildman–Crippen MR) is 70.4 cm³/mol. The second-order valence-electron chi connectivity index (χ2n) is 5.28.